The summed E-state index contributed by atoms with van der Waals surface area (Å²) in [6.07, 6.45) is 1.60. The third-order valence-corrected chi connectivity index (χ3v) is 2.12. The first-order chi connectivity index (χ1) is 8.13. The van der Waals surface area contributed by atoms with Gasteiger partial charge in [-0.2, -0.15) is 0 Å². The molecular formula is C11H13ClN2O3. The lowest BCUT2D eigenvalue weighted by Gasteiger charge is -2.05. The maximum Gasteiger partial charge on any atom is 0.307 e. The van der Waals surface area contributed by atoms with Crippen LogP contribution in [0.1, 0.15) is 23.7 Å². The Bertz CT molecular complexity index is 409. The standard InChI is InChI=1S/C11H13ClN2O3/c1-2-17-10(15)4-6-14-11(16)8-3-5-13-9(12)7-8/h3,5,7H,2,4,6H2,1H3,(H,14,16). The lowest BCUT2D eigenvalue weighted by atomic mass is 10.2. The summed E-state index contributed by atoms with van der Waals surface area (Å²) in [6.45, 7) is 2.31. The van der Waals surface area contributed by atoms with Gasteiger partial charge in [-0.3, -0.25) is 9.59 Å². The van der Waals surface area contributed by atoms with Crippen molar-refractivity contribution in [3.63, 3.8) is 0 Å². The Morgan fingerprint density at radius 2 is 2.29 bits per heavy atom. The minimum Gasteiger partial charge on any atom is -0.466 e. The largest absolute Gasteiger partial charge is 0.466 e. The van der Waals surface area contributed by atoms with Gasteiger partial charge >= 0.3 is 5.97 Å². The Morgan fingerprint density at radius 3 is 2.94 bits per heavy atom. The van der Waals surface area contributed by atoms with Crippen LogP contribution in [0.15, 0.2) is 18.3 Å². The van der Waals surface area contributed by atoms with Crippen LogP contribution in [-0.4, -0.2) is 30.0 Å². The fraction of sp³-hybridized carbons (Fsp3) is 0.364. The molecule has 0 fully saturated rings. The van der Waals surface area contributed by atoms with E-state index in [9.17, 15) is 9.59 Å². The number of rotatable bonds is 5. The first-order valence-electron chi connectivity index (χ1n) is 5.19. The maximum absolute atomic E-state index is 11.6. The van der Waals surface area contributed by atoms with E-state index in [1.807, 2.05) is 0 Å². The van der Waals surface area contributed by atoms with Crippen LogP contribution in [0.3, 0.4) is 0 Å². The van der Waals surface area contributed by atoms with E-state index in [0.717, 1.165) is 0 Å². The average Bonchev–Trinajstić information content (AvgIpc) is 2.29. The second-order valence-corrected chi connectivity index (χ2v) is 3.57. The van der Waals surface area contributed by atoms with Crippen molar-refractivity contribution in [2.45, 2.75) is 13.3 Å². The number of nitrogens with one attached hydrogen (secondary N) is 1. The van der Waals surface area contributed by atoms with Crippen LogP contribution in [0, 0.1) is 0 Å². The van der Waals surface area contributed by atoms with Gasteiger partial charge < -0.3 is 10.1 Å². The zero-order chi connectivity index (χ0) is 12.7. The minimum atomic E-state index is -0.333. The minimum absolute atomic E-state index is 0.151. The van der Waals surface area contributed by atoms with Crippen molar-refractivity contribution < 1.29 is 14.3 Å². The first kappa shape index (κ1) is 13.4. The van der Waals surface area contributed by atoms with Gasteiger partial charge in [-0.1, -0.05) is 11.6 Å². The number of nitrogens with zero attached hydrogens (tertiary/aromatic N) is 1. The number of carbonyl (C=O) groups excluding carboxylic acids is 2. The van der Waals surface area contributed by atoms with Crippen molar-refractivity contribution in [2.24, 2.45) is 0 Å². The van der Waals surface area contributed by atoms with Crippen LogP contribution in [-0.2, 0) is 9.53 Å². The van der Waals surface area contributed by atoms with E-state index in [1.165, 1.54) is 12.3 Å². The van der Waals surface area contributed by atoms with E-state index in [4.69, 9.17) is 16.3 Å². The van der Waals surface area contributed by atoms with Crippen molar-refractivity contribution in [3.05, 3.63) is 29.0 Å². The molecule has 1 N–H and O–H groups in total. The van der Waals surface area contributed by atoms with Gasteiger partial charge in [-0.15, -0.1) is 0 Å². The number of carbonyl (C=O) groups is 2. The molecular weight excluding hydrogens is 244 g/mol. The van der Waals surface area contributed by atoms with Crippen LogP contribution in [0.5, 0.6) is 0 Å². The number of aromatic nitrogens is 1. The molecule has 6 heteroatoms. The molecule has 0 aromatic carbocycles. The van der Waals surface area contributed by atoms with Gasteiger partial charge in [0.25, 0.3) is 5.91 Å². The van der Waals surface area contributed by atoms with Crippen LogP contribution in [0.25, 0.3) is 0 Å². The van der Waals surface area contributed by atoms with Gasteiger partial charge in [0.05, 0.1) is 13.0 Å². The summed E-state index contributed by atoms with van der Waals surface area (Å²) < 4.78 is 4.73. The molecule has 0 aliphatic heterocycles. The van der Waals surface area contributed by atoms with E-state index >= 15 is 0 Å². The first-order valence-corrected chi connectivity index (χ1v) is 5.56. The summed E-state index contributed by atoms with van der Waals surface area (Å²) in [5, 5.41) is 2.84. The van der Waals surface area contributed by atoms with Gasteiger partial charge in [-0.25, -0.2) is 4.98 Å². The summed E-state index contributed by atoms with van der Waals surface area (Å²) in [6, 6.07) is 3.01. The molecule has 0 atom stereocenters. The van der Waals surface area contributed by atoms with Crippen molar-refractivity contribution in [1.29, 1.82) is 0 Å². The molecule has 0 aliphatic carbocycles. The molecule has 0 saturated carbocycles. The Kier molecular flexibility index (Phi) is 5.42. The number of amides is 1. The Morgan fingerprint density at radius 1 is 1.53 bits per heavy atom. The van der Waals surface area contributed by atoms with Gasteiger partial charge in [-0.05, 0) is 19.1 Å². The van der Waals surface area contributed by atoms with E-state index in [1.54, 1.807) is 13.0 Å². The number of hydrogen-bond donors (Lipinski definition) is 1. The lowest BCUT2D eigenvalue weighted by Crippen LogP contribution is -2.26. The average molecular weight is 257 g/mol. The molecule has 0 saturated heterocycles. The summed E-state index contributed by atoms with van der Waals surface area (Å²) in [5.74, 6) is -0.626. The number of halogens is 1. The smallest absolute Gasteiger partial charge is 0.307 e. The summed E-state index contributed by atoms with van der Waals surface area (Å²) >= 11 is 5.65. The van der Waals surface area contributed by atoms with E-state index in [0.29, 0.717) is 12.2 Å². The predicted octanol–water partition coefficient (Wildman–Crippen LogP) is 1.42. The number of hydrogen-bond acceptors (Lipinski definition) is 4. The molecule has 0 spiro atoms. The highest BCUT2D eigenvalue weighted by Crippen LogP contribution is 2.06. The molecule has 5 nitrogen and oxygen atoms in total. The maximum atomic E-state index is 11.6. The SMILES string of the molecule is CCOC(=O)CCNC(=O)c1ccnc(Cl)c1. The molecule has 17 heavy (non-hydrogen) atoms. The number of ether oxygens (including phenoxy) is 1. The van der Waals surface area contributed by atoms with Crippen LogP contribution in [0.4, 0.5) is 0 Å². The lowest BCUT2D eigenvalue weighted by molar-refractivity contribution is -0.142. The molecule has 1 aromatic rings. The molecule has 92 valence electrons. The van der Waals surface area contributed by atoms with Crippen molar-refractivity contribution in [1.82, 2.24) is 10.3 Å². The van der Waals surface area contributed by atoms with Gasteiger partial charge in [0, 0.05) is 18.3 Å². The van der Waals surface area contributed by atoms with E-state index in [2.05, 4.69) is 10.3 Å². The Hall–Kier alpha value is -1.62. The molecule has 1 heterocycles. The highest BCUT2D eigenvalue weighted by atomic mass is 35.5. The van der Waals surface area contributed by atoms with Gasteiger partial charge in [0.15, 0.2) is 0 Å². The number of pyridine rings is 1. The van der Waals surface area contributed by atoms with Crippen LogP contribution in [0.2, 0.25) is 5.15 Å². The molecule has 0 bridgehead atoms. The topological polar surface area (TPSA) is 68.3 Å². The second kappa shape index (κ2) is 6.85. The van der Waals surface area contributed by atoms with Crippen LogP contribution < -0.4 is 5.32 Å². The van der Waals surface area contributed by atoms with E-state index in [-0.39, 0.29) is 30.0 Å². The monoisotopic (exact) mass is 256 g/mol. The predicted molar refractivity (Wildman–Crippen MR) is 62.8 cm³/mol. The molecule has 1 rings (SSSR count). The van der Waals surface area contributed by atoms with Crippen LogP contribution >= 0.6 is 11.6 Å². The van der Waals surface area contributed by atoms with Crippen molar-refractivity contribution in [2.75, 3.05) is 13.2 Å². The summed E-state index contributed by atoms with van der Waals surface area (Å²) in [7, 11) is 0. The van der Waals surface area contributed by atoms with Crippen molar-refractivity contribution >= 4 is 23.5 Å². The molecule has 1 aromatic heterocycles. The second-order valence-electron chi connectivity index (χ2n) is 3.18. The van der Waals surface area contributed by atoms with Gasteiger partial charge in [0.1, 0.15) is 5.15 Å². The fourth-order valence-corrected chi connectivity index (χ4v) is 1.33. The third-order valence-electron chi connectivity index (χ3n) is 1.91. The molecule has 0 radical (unpaired) electrons. The molecule has 0 unspecified atom stereocenters. The summed E-state index contributed by atoms with van der Waals surface area (Å²) in [5.41, 5.74) is 0.411. The zero-order valence-electron chi connectivity index (χ0n) is 9.40. The number of esters is 1. The van der Waals surface area contributed by atoms with Gasteiger partial charge in [0.2, 0.25) is 0 Å². The highest BCUT2D eigenvalue weighted by molar-refractivity contribution is 6.29. The van der Waals surface area contributed by atoms with Crippen molar-refractivity contribution in [3.8, 4) is 0 Å². The van der Waals surface area contributed by atoms with E-state index < -0.39 is 0 Å². The zero-order valence-corrected chi connectivity index (χ0v) is 10.2. The third kappa shape index (κ3) is 4.82. The Balaban J connectivity index is 2.38. The molecule has 0 aliphatic rings. The summed E-state index contributed by atoms with van der Waals surface area (Å²) in [4.78, 5) is 26.4. The normalized spacial score (nSPS) is 9.76. The highest BCUT2D eigenvalue weighted by Gasteiger charge is 2.07. The fourth-order valence-electron chi connectivity index (χ4n) is 1.16. The quantitative estimate of drug-likeness (QED) is 0.639. The molecule has 1 amide bonds. The Labute approximate surface area is 104 Å².